The van der Waals surface area contributed by atoms with Crippen molar-refractivity contribution in [1.82, 2.24) is 5.32 Å². The molecular weight excluding hydrogens is 194 g/mol. The molecule has 0 spiro atoms. The summed E-state index contributed by atoms with van der Waals surface area (Å²) in [7, 11) is 0. The number of unbranched alkanes of at least 4 members (excludes halogenated alkanes) is 4. The molecule has 0 heterocycles. The Labute approximate surface area is 102 Å². The quantitative estimate of drug-likeness (QED) is 0.430. The highest BCUT2D eigenvalue weighted by atomic mass is 14.9. The predicted molar refractivity (Wildman–Crippen MR) is 72.7 cm³/mol. The highest BCUT2D eigenvalue weighted by molar-refractivity contribution is 5.00. The van der Waals surface area contributed by atoms with Crippen LogP contribution in [0.4, 0.5) is 0 Å². The number of hydrogen-bond donors (Lipinski definition) is 1. The van der Waals surface area contributed by atoms with E-state index in [1.165, 1.54) is 57.9 Å². The van der Waals surface area contributed by atoms with Crippen molar-refractivity contribution in [3.8, 4) is 0 Å². The number of nitrogens with one attached hydrogen (secondary N) is 1. The van der Waals surface area contributed by atoms with Crippen LogP contribution in [0.1, 0.15) is 65.2 Å². The Balaban J connectivity index is 2.01. The third-order valence-electron chi connectivity index (χ3n) is 3.37. The average molecular weight is 223 g/mol. The Morgan fingerprint density at radius 2 is 1.88 bits per heavy atom. The van der Waals surface area contributed by atoms with Gasteiger partial charge in [-0.1, -0.05) is 51.7 Å². The van der Waals surface area contributed by atoms with Gasteiger partial charge in [-0.25, -0.2) is 0 Å². The number of allylic oxidation sites excluding steroid dienone is 1. The molecule has 1 fully saturated rings. The molecule has 1 unspecified atom stereocenters. The first-order valence-electron chi connectivity index (χ1n) is 7.28. The van der Waals surface area contributed by atoms with Crippen LogP contribution in [0.25, 0.3) is 0 Å². The van der Waals surface area contributed by atoms with E-state index in [2.05, 4.69) is 31.3 Å². The lowest BCUT2D eigenvalue weighted by molar-refractivity contribution is 0.510. The molecule has 16 heavy (non-hydrogen) atoms. The van der Waals surface area contributed by atoms with E-state index >= 15 is 0 Å². The lowest BCUT2D eigenvalue weighted by Gasteiger charge is -2.14. The van der Waals surface area contributed by atoms with Crippen LogP contribution < -0.4 is 5.32 Å². The molecule has 1 saturated carbocycles. The summed E-state index contributed by atoms with van der Waals surface area (Å²) in [5, 5.41) is 3.71. The summed E-state index contributed by atoms with van der Waals surface area (Å²) in [4.78, 5) is 0. The van der Waals surface area contributed by atoms with Gasteiger partial charge in [-0.15, -0.1) is 0 Å². The summed E-state index contributed by atoms with van der Waals surface area (Å²) in [6.45, 7) is 5.70. The topological polar surface area (TPSA) is 12.0 Å². The van der Waals surface area contributed by atoms with Crippen molar-refractivity contribution in [3.63, 3.8) is 0 Å². The van der Waals surface area contributed by atoms with Gasteiger partial charge in [0.05, 0.1) is 0 Å². The zero-order chi connectivity index (χ0) is 11.6. The predicted octanol–water partition coefficient (Wildman–Crippen LogP) is 4.29. The SMILES string of the molecule is CC/C=C/C(NCCCCCCC)C1CC1. The van der Waals surface area contributed by atoms with Crippen LogP contribution >= 0.6 is 0 Å². The standard InChI is InChI=1S/C15H29N/c1-3-5-7-8-9-13-16-15(10-6-4-2)14-11-12-14/h6,10,14-16H,3-5,7-9,11-13H2,1-2H3/b10-6+. The molecule has 0 amide bonds. The van der Waals surface area contributed by atoms with E-state index in [1.54, 1.807) is 0 Å². The lowest BCUT2D eigenvalue weighted by atomic mass is 10.1. The molecule has 1 nitrogen and oxygen atoms in total. The average Bonchev–Trinajstić information content (AvgIpc) is 3.11. The van der Waals surface area contributed by atoms with Gasteiger partial charge < -0.3 is 5.32 Å². The maximum absolute atomic E-state index is 3.71. The fourth-order valence-corrected chi connectivity index (χ4v) is 2.13. The first-order chi connectivity index (χ1) is 7.88. The zero-order valence-electron chi connectivity index (χ0n) is 11.2. The summed E-state index contributed by atoms with van der Waals surface area (Å²) in [5.41, 5.74) is 0. The van der Waals surface area contributed by atoms with Gasteiger partial charge in [0.2, 0.25) is 0 Å². The summed E-state index contributed by atoms with van der Waals surface area (Å²) in [6, 6.07) is 0.672. The summed E-state index contributed by atoms with van der Waals surface area (Å²) in [5.74, 6) is 0.943. The van der Waals surface area contributed by atoms with Gasteiger partial charge in [-0.05, 0) is 38.1 Å². The Morgan fingerprint density at radius 1 is 1.12 bits per heavy atom. The Morgan fingerprint density at radius 3 is 2.50 bits per heavy atom. The van der Waals surface area contributed by atoms with Crippen LogP contribution in [-0.2, 0) is 0 Å². The zero-order valence-corrected chi connectivity index (χ0v) is 11.2. The second kappa shape index (κ2) is 8.81. The summed E-state index contributed by atoms with van der Waals surface area (Å²) < 4.78 is 0. The van der Waals surface area contributed by atoms with Gasteiger partial charge in [0.15, 0.2) is 0 Å². The van der Waals surface area contributed by atoms with E-state index in [1.807, 2.05) is 0 Å². The van der Waals surface area contributed by atoms with Crippen LogP contribution in [-0.4, -0.2) is 12.6 Å². The molecule has 0 radical (unpaired) electrons. The second-order valence-electron chi connectivity index (χ2n) is 5.07. The van der Waals surface area contributed by atoms with E-state index in [-0.39, 0.29) is 0 Å². The Bertz CT molecular complexity index is 182. The largest absolute Gasteiger partial charge is 0.310 e. The van der Waals surface area contributed by atoms with Crippen molar-refractivity contribution in [2.75, 3.05) is 6.54 Å². The minimum atomic E-state index is 0.672. The highest BCUT2D eigenvalue weighted by Crippen LogP contribution is 2.33. The van der Waals surface area contributed by atoms with Gasteiger partial charge in [-0.2, -0.15) is 0 Å². The van der Waals surface area contributed by atoms with E-state index in [9.17, 15) is 0 Å². The first-order valence-corrected chi connectivity index (χ1v) is 7.28. The minimum absolute atomic E-state index is 0.672. The highest BCUT2D eigenvalue weighted by Gasteiger charge is 2.28. The van der Waals surface area contributed by atoms with Crippen molar-refractivity contribution in [3.05, 3.63) is 12.2 Å². The third kappa shape index (κ3) is 6.32. The van der Waals surface area contributed by atoms with Crippen LogP contribution in [0.5, 0.6) is 0 Å². The Hall–Kier alpha value is -0.300. The molecule has 0 bridgehead atoms. The molecule has 94 valence electrons. The fraction of sp³-hybridized carbons (Fsp3) is 0.867. The molecule has 0 aliphatic heterocycles. The van der Waals surface area contributed by atoms with Crippen LogP contribution in [0.2, 0.25) is 0 Å². The van der Waals surface area contributed by atoms with Crippen LogP contribution in [0, 0.1) is 5.92 Å². The molecule has 1 atom stereocenters. The molecule has 1 aliphatic carbocycles. The van der Waals surface area contributed by atoms with Gasteiger partial charge >= 0.3 is 0 Å². The van der Waals surface area contributed by atoms with Gasteiger partial charge in [-0.3, -0.25) is 0 Å². The van der Waals surface area contributed by atoms with Crippen molar-refractivity contribution in [1.29, 1.82) is 0 Å². The minimum Gasteiger partial charge on any atom is -0.310 e. The molecule has 0 aromatic carbocycles. The number of rotatable bonds is 10. The van der Waals surface area contributed by atoms with Gasteiger partial charge in [0.1, 0.15) is 0 Å². The lowest BCUT2D eigenvalue weighted by Crippen LogP contribution is -2.30. The van der Waals surface area contributed by atoms with Gasteiger partial charge in [0, 0.05) is 6.04 Å². The molecule has 1 heteroatoms. The van der Waals surface area contributed by atoms with E-state index < -0.39 is 0 Å². The smallest absolute Gasteiger partial charge is 0.0278 e. The summed E-state index contributed by atoms with van der Waals surface area (Å²) >= 11 is 0. The van der Waals surface area contributed by atoms with Crippen molar-refractivity contribution in [2.24, 2.45) is 5.92 Å². The van der Waals surface area contributed by atoms with E-state index in [0.717, 1.165) is 5.92 Å². The van der Waals surface area contributed by atoms with Crippen molar-refractivity contribution >= 4 is 0 Å². The van der Waals surface area contributed by atoms with Crippen molar-refractivity contribution in [2.45, 2.75) is 71.3 Å². The normalized spacial score (nSPS) is 18.1. The van der Waals surface area contributed by atoms with Crippen molar-refractivity contribution < 1.29 is 0 Å². The molecular formula is C15H29N. The van der Waals surface area contributed by atoms with E-state index in [4.69, 9.17) is 0 Å². The fourth-order valence-electron chi connectivity index (χ4n) is 2.13. The summed E-state index contributed by atoms with van der Waals surface area (Å²) in [6.07, 6.45) is 15.6. The molecule has 1 rings (SSSR count). The van der Waals surface area contributed by atoms with E-state index in [0.29, 0.717) is 6.04 Å². The molecule has 0 aromatic heterocycles. The maximum Gasteiger partial charge on any atom is 0.0278 e. The van der Waals surface area contributed by atoms with Gasteiger partial charge in [0.25, 0.3) is 0 Å². The Kier molecular flexibility index (Phi) is 7.58. The second-order valence-corrected chi connectivity index (χ2v) is 5.07. The molecule has 0 saturated heterocycles. The van der Waals surface area contributed by atoms with Crippen LogP contribution in [0.3, 0.4) is 0 Å². The maximum atomic E-state index is 3.71. The third-order valence-corrected chi connectivity index (χ3v) is 3.37. The molecule has 1 N–H and O–H groups in total. The van der Waals surface area contributed by atoms with Crippen LogP contribution in [0.15, 0.2) is 12.2 Å². The molecule has 1 aliphatic rings. The number of hydrogen-bond acceptors (Lipinski definition) is 1. The first kappa shape index (κ1) is 13.8. The molecule has 0 aromatic rings. The monoisotopic (exact) mass is 223 g/mol.